The lowest BCUT2D eigenvalue weighted by atomic mass is 9.95. The summed E-state index contributed by atoms with van der Waals surface area (Å²) in [7, 11) is 0. The molecular weight excluding hydrogens is 242 g/mol. The van der Waals surface area contributed by atoms with Gasteiger partial charge in [-0.15, -0.1) is 5.10 Å². The Hall–Kier alpha value is -1.43. The number of hydrogen-bond acceptors (Lipinski definition) is 4. The summed E-state index contributed by atoms with van der Waals surface area (Å²) < 4.78 is 1.54. The summed E-state index contributed by atoms with van der Waals surface area (Å²) in [6.45, 7) is 3.94. The van der Waals surface area contributed by atoms with Crippen LogP contribution in [0.3, 0.4) is 0 Å². The third kappa shape index (κ3) is 4.02. The molecule has 1 heterocycles. The molecule has 0 aromatic carbocycles. The fourth-order valence-corrected chi connectivity index (χ4v) is 2.34. The second kappa shape index (κ2) is 5.69. The van der Waals surface area contributed by atoms with E-state index in [-0.39, 0.29) is 12.5 Å². The molecule has 6 nitrogen and oxygen atoms in total. The SMILES string of the molecule is CC(C)(N)c1cn(CC(=O)NC2CCCCC2)nn1. The van der Waals surface area contributed by atoms with E-state index in [1.807, 2.05) is 13.8 Å². The molecule has 1 aromatic rings. The zero-order valence-corrected chi connectivity index (χ0v) is 11.7. The predicted molar refractivity (Wildman–Crippen MR) is 72.3 cm³/mol. The van der Waals surface area contributed by atoms with Crippen molar-refractivity contribution in [1.82, 2.24) is 20.3 Å². The minimum atomic E-state index is -0.530. The highest BCUT2D eigenvalue weighted by Gasteiger charge is 2.20. The molecule has 0 spiro atoms. The van der Waals surface area contributed by atoms with Crippen LogP contribution >= 0.6 is 0 Å². The first-order valence-electron chi connectivity index (χ1n) is 6.94. The largest absolute Gasteiger partial charge is 0.352 e. The van der Waals surface area contributed by atoms with Crippen LogP contribution in [0.2, 0.25) is 0 Å². The normalized spacial score (nSPS) is 17.4. The van der Waals surface area contributed by atoms with Crippen LogP contribution in [0.1, 0.15) is 51.6 Å². The molecule has 3 N–H and O–H groups in total. The van der Waals surface area contributed by atoms with Gasteiger partial charge in [-0.25, -0.2) is 4.68 Å². The van der Waals surface area contributed by atoms with Crippen LogP contribution in [0.4, 0.5) is 0 Å². The Balaban J connectivity index is 1.86. The Bertz CT molecular complexity index is 428. The van der Waals surface area contributed by atoms with Crippen LogP contribution in [0.15, 0.2) is 6.20 Å². The molecule has 1 aliphatic rings. The van der Waals surface area contributed by atoms with Crippen LogP contribution in [-0.4, -0.2) is 26.9 Å². The van der Waals surface area contributed by atoms with E-state index in [0.29, 0.717) is 11.7 Å². The molecule has 1 aromatic heterocycles. The van der Waals surface area contributed by atoms with Crippen LogP contribution in [0, 0.1) is 0 Å². The number of carbonyl (C=O) groups excluding carboxylic acids is 1. The summed E-state index contributed by atoms with van der Waals surface area (Å²) in [6.07, 6.45) is 7.61. The first-order chi connectivity index (χ1) is 8.95. The van der Waals surface area contributed by atoms with E-state index in [0.717, 1.165) is 12.8 Å². The molecule has 2 rings (SSSR count). The third-order valence-corrected chi connectivity index (χ3v) is 3.47. The van der Waals surface area contributed by atoms with Gasteiger partial charge in [0.1, 0.15) is 12.2 Å². The van der Waals surface area contributed by atoms with Gasteiger partial charge in [0.25, 0.3) is 0 Å². The monoisotopic (exact) mass is 265 g/mol. The predicted octanol–water partition coefficient (Wildman–Crippen LogP) is 0.921. The van der Waals surface area contributed by atoms with Crippen molar-refractivity contribution in [1.29, 1.82) is 0 Å². The summed E-state index contributed by atoms with van der Waals surface area (Å²) in [5.41, 5.74) is 6.10. The van der Waals surface area contributed by atoms with Crippen molar-refractivity contribution in [3.63, 3.8) is 0 Å². The number of rotatable bonds is 4. The van der Waals surface area contributed by atoms with Crippen molar-refractivity contribution in [2.45, 2.75) is 64.1 Å². The number of nitrogens with one attached hydrogen (secondary N) is 1. The first kappa shape index (κ1) is 14.0. The average Bonchev–Trinajstić information content (AvgIpc) is 2.78. The third-order valence-electron chi connectivity index (χ3n) is 3.47. The zero-order valence-electron chi connectivity index (χ0n) is 11.7. The second-order valence-electron chi connectivity index (χ2n) is 5.93. The topological polar surface area (TPSA) is 85.8 Å². The Morgan fingerprint density at radius 1 is 1.47 bits per heavy atom. The van der Waals surface area contributed by atoms with Gasteiger partial charge in [0.2, 0.25) is 5.91 Å². The molecule has 0 bridgehead atoms. The number of nitrogens with two attached hydrogens (primary N) is 1. The average molecular weight is 265 g/mol. The molecule has 0 aliphatic heterocycles. The van der Waals surface area contributed by atoms with Crippen LogP contribution < -0.4 is 11.1 Å². The quantitative estimate of drug-likeness (QED) is 0.847. The maximum absolute atomic E-state index is 11.9. The number of hydrogen-bond donors (Lipinski definition) is 2. The van der Waals surface area contributed by atoms with Gasteiger partial charge in [-0.2, -0.15) is 0 Å². The van der Waals surface area contributed by atoms with Gasteiger partial charge >= 0.3 is 0 Å². The minimum absolute atomic E-state index is 0.00169. The molecule has 6 heteroatoms. The van der Waals surface area contributed by atoms with Gasteiger partial charge in [-0.05, 0) is 26.7 Å². The van der Waals surface area contributed by atoms with Crippen molar-refractivity contribution < 1.29 is 4.79 Å². The first-order valence-corrected chi connectivity index (χ1v) is 6.94. The minimum Gasteiger partial charge on any atom is -0.352 e. The van der Waals surface area contributed by atoms with E-state index in [4.69, 9.17) is 5.73 Å². The van der Waals surface area contributed by atoms with Crippen LogP contribution in [0.5, 0.6) is 0 Å². The Morgan fingerprint density at radius 3 is 2.74 bits per heavy atom. The smallest absolute Gasteiger partial charge is 0.242 e. The van der Waals surface area contributed by atoms with E-state index in [9.17, 15) is 4.79 Å². The van der Waals surface area contributed by atoms with Crippen molar-refractivity contribution >= 4 is 5.91 Å². The fraction of sp³-hybridized carbons (Fsp3) is 0.769. The molecule has 19 heavy (non-hydrogen) atoms. The zero-order chi connectivity index (χ0) is 13.9. The molecule has 0 saturated heterocycles. The molecule has 1 saturated carbocycles. The summed E-state index contributed by atoms with van der Waals surface area (Å²) >= 11 is 0. The number of carbonyl (C=O) groups is 1. The van der Waals surface area contributed by atoms with Crippen molar-refractivity contribution in [2.75, 3.05) is 0 Å². The highest BCUT2D eigenvalue weighted by atomic mass is 16.2. The Morgan fingerprint density at radius 2 is 2.16 bits per heavy atom. The van der Waals surface area contributed by atoms with Gasteiger partial charge < -0.3 is 11.1 Å². The maximum atomic E-state index is 11.9. The van der Waals surface area contributed by atoms with Gasteiger partial charge in [-0.1, -0.05) is 24.5 Å². The second-order valence-corrected chi connectivity index (χ2v) is 5.93. The van der Waals surface area contributed by atoms with Gasteiger partial charge in [0.05, 0.1) is 11.7 Å². The molecular formula is C13H23N5O. The standard InChI is InChI=1S/C13H23N5O/c1-13(2,14)11-8-18(17-16-11)9-12(19)15-10-6-4-3-5-7-10/h8,10H,3-7,9,14H2,1-2H3,(H,15,19). The molecule has 0 atom stereocenters. The Kier molecular flexibility index (Phi) is 4.19. The molecule has 106 valence electrons. The van der Waals surface area contributed by atoms with Crippen molar-refractivity contribution in [3.05, 3.63) is 11.9 Å². The number of amides is 1. The van der Waals surface area contributed by atoms with Gasteiger partial charge in [-0.3, -0.25) is 4.79 Å². The summed E-state index contributed by atoms with van der Waals surface area (Å²) in [4.78, 5) is 11.9. The van der Waals surface area contributed by atoms with Crippen molar-refractivity contribution in [2.24, 2.45) is 5.73 Å². The van der Waals surface area contributed by atoms with E-state index in [1.165, 1.54) is 19.3 Å². The van der Waals surface area contributed by atoms with E-state index in [1.54, 1.807) is 10.9 Å². The Labute approximate surface area is 113 Å². The highest BCUT2D eigenvalue weighted by molar-refractivity contribution is 5.75. The molecule has 1 fully saturated rings. The summed E-state index contributed by atoms with van der Waals surface area (Å²) in [5, 5.41) is 11.0. The maximum Gasteiger partial charge on any atom is 0.242 e. The number of aromatic nitrogens is 3. The van der Waals surface area contributed by atoms with Crippen molar-refractivity contribution in [3.8, 4) is 0 Å². The fourth-order valence-electron chi connectivity index (χ4n) is 2.34. The lowest BCUT2D eigenvalue weighted by molar-refractivity contribution is -0.122. The molecule has 1 aliphatic carbocycles. The van der Waals surface area contributed by atoms with E-state index in [2.05, 4.69) is 15.6 Å². The summed E-state index contributed by atoms with van der Waals surface area (Å²) in [6, 6.07) is 0.329. The van der Waals surface area contributed by atoms with Gasteiger partial charge in [0.15, 0.2) is 0 Å². The number of nitrogens with zero attached hydrogens (tertiary/aromatic N) is 3. The lowest BCUT2D eigenvalue weighted by Gasteiger charge is -2.22. The molecule has 0 unspecified atom stereocenters. The lowest BCUT2D eigenvalue weighted by Crippen LogP contribution is -2.38. The molecule has 1 amide bonds. The van der Waals surface area contributed by atoms with E-state index >= 15 is 0 Å². The molecule has 0 radical (unpaired) electrons. The van der Waals surface area contributed by atoms with Crippen LogP contribution in [-0.2, 0) is 16.9 Å². The highest BCUT2D eigenvalue weighted by Crippen LogP contribution is 2.17. The van der Waals surface area contributed by atoms with E-state index < -0.39 is 5.54 Å². The van der Waals surface area contributed by atoms with Crippen LogP contribution in [0.25, 0.3) is 0 Å². The van der Waals surface area contributed by atoms with Gasteiger partial charge in [0, 0.05) is 6.04 Å². The summed E-state index contributed by atoms with van der Waals surface area (Å²) in [5.74, 6) is -0.00169.